The molecule has 0 amide bonds. The van der Waals surface area contributed by atoms with Crippen molar-refractivity contribution in [2.75, 3.05) is 7.11 Å². The lowest BCUT2D eigenvalue weighted by atomic mass is 9.97. The van der Waals surface area contributed by atoms with E-state index in [4.69, 9.17) is 5.11 Å². The van der Waals surface area contributed by atoms with Crippen molar-refractivity contribution in [3.63, 3.8) is 0 Å². The summed E-state index contributed by atoms with van der Waals surface area (Å²) in [6, 6.07) is 6.23. The van der Waals surface area contributed by atoms with Crippen molar-refractivity contribution < 1.29 is 28.2 Å². The highest BCUT2D eigenvalue weighted by Gasteiger charge is 2.20. The van der Waals surface area contributed by atoms with E-state index in [2.05, 4.69) is 4.74 Å². The number of ether oxygens (including phenoxy) is 1. The zero-order valence-electron chi connectivity index (χ0n) is 11.8. The smallest absolute Gasteiger partial charge is 0.343 e. The van der Waals surface area contributed by atoms with E-state index in [1.807, 2.05) is 0 Å². The minimum Gasteiger partial charge on any atom is -0.478 e. The summed E-state index contributed by atoms with van der Waals surface area (Å²) in [7, 11) is 1.03. The topological polar surface area (TPSA) is 63.6 Å². The Hall–Kier alpha value is -2.76. The van der Waals surface area contributed by atoms with Gasteiger partial charge in [0.1, 0.15) is 17.2 Å². The molecule has 2 aromatic rings. The first-order valence-electron chi connectivity index (χ1n) is 6.26. The van der Waals surface area contributed by atoms with Crippen molar-refractivity contribution in [1.82, 2.24) is 0 Å². The molecule has 0 saturated carbocycles. The summed E-state index contributed by atoms with van der Waals surface area (Å²) in [5.74, 6) is -4.26. The van der Waals surface area contributed by atoms with Gasteiger partial charge in [0.25, 0.3) is 0 Å². The maximum Gasteiger partial charge on any atom is 0.343 e. The Morgan fingerprint density at radius 1 is 1.09 bits per heavy atom. The van der Waals surface area contributed by atoms with Crippen molar-refractivity contribution in [3.05, 3.63) is 58.7 Å². The van der Waals surface area contributed by atoms with Crippen LogP contribution in [0.4, 0.5) is 8.78 Å². The zero-order valence-corrected chi connectivity index (χ0v) is 11.8. The second-order valence-corrected chi connectivity index (χ2v) is 4.64. The summed E-state index contributed by atoms with van der Waals surface area (Å²) < 4.78 is 32.2. The van der Waals surface area contributed by atoms with Gasteiger partial charge in [-0.15, -0.1) is 0 Å². The highest BCUT2D eigenvalue weighted by atomic mass is 19.1. The normalized spacial score (nSPS) is 10.4. The number of hydrogen-bond donors (Lipinski definition) is 1. The van der Waals surface area contributed by atoms with Crippen LogP contribution in [0.25, 0.3) is 11.1 Å². The molecule has 6 heteroatoms. The van der Waals surface area contributed by atoms with Gasteiger partial charge < -0.3 is 9.84 Å². The van der Waals surface area contributed by atoms with E-state index in [1.165, 1.54) is 18.2 Å². The maximum atomic E-state index is 13.9. The third kappa shape index (κ3) is 2.81. The average Bonchev–Trinajstić information content (AvgIpc) is 2.45. The van der Waals surface area contributed by atoms with Gasteiger partial charge in [0, 0.05) is 0 Å². The van der Waals surface area contributed by atoms with Crippen LogP contribution in [0.5, 0.6) is 0 Å². The molecular weight excluding hydrogens is 294 g/mol. The first-order chi connectivity index (χ1) is 10.3. The van der Waals surface area contributed by atoms with Gasteiger partial charge in [0.2, 0.25) is 0 Å². The van der Waals surface area contributed by atoms with E-state index in [-0.39, 0.29) is 11.1 Å². The molecule has 0 bridgehead atoms. The number of carboxylic acid groups (broad SMARTS) is 1. The van der Waals surface area contributed by atoms with Gasteiger partial charge in [-0.1, -0.05) is 6.07 Å². The lowest BCUT2D eigenvalue weighted by Crippen LogP contribution is -2.08. The monoisotopic (exact) mass is 306 g/mol. The van der Waals surface area contributed by atoms with Gasteiger partial charge in [0.05, 0.1) is 12.7 Å². The Labute approximate surface area is 125 Å². The SMILES string of the molecule is COC(=O)c1c(F)cc(-c2ccc(C(=O)O)cc2C)cc1F. The van der Waals surface area contributed by atoms with E-state index < -0.39 is 29.1 Å². The lowest BCUT2D eigenvalue weighted by Gasteiger charge is -2.10. The number of rotatable bonds is 3. The predicted octanol–water partition coefficient (Wildman–Crippen LogP) is 3.43. The van der Waals surface area contributed by atoms with Crippen LogP contribution in [0.2, 0.25) is 0 Å². The molecule has 0 spiro atoms. The molecule has 0 aliphatic heterocycles. The highest BCUT2D eigenvalue weighted by molar-refractivity contribution is 5.91. The van der Waals surface area contributed by atoms with Gasteiger partial charge >= 0.3 is 11.9 Å². The lowest BCUT2D eigenvalue weighted by molar-refractivity contribution is 0.0589. The second kappa shape index (κ2) is 5.93. The van der Waals surface area contributed by atoms with Gasteiger partial charge in [0.15, 0.2) is 0 Å². The van der Waals surface area contributed by atoms with Crippen LogP contribution in [-0.4, -0.2) is 24.2 Å². The number of methoxy groups -OCH3 is 1. The molecule has 2 aromatic carbocycles. The van der Waals surface area contributed by atoms with Crippen LogP contribution >= 0.6 is 0 Å². The molecule has 0 radical (unpaired) electrons. The van der Waals surface area contributed by atoms with Crippen molar-refractivity contribution in [2.45, 2.75) is 6.92 Å². The molecule has 22 heavy (non-hydrogen) atoms. The van der Waals surface area contributed by atoms with E-state index in [0.717, 1.165) is 19.2 Å². The number of benzene rings is 2. The van der Waals surface area contributed by atoms with Crippen LogP contribution in [0.3, 0.4) is 0 Å². The van der Waals surface area contributed by atoms with E-state index in [9.17, 15) is 18.4 Å². The number of esters is 1. The fourth-order valence-electron chi connectivity index (χ4n) is 2.15. The average molecular weight is 306 g/mol. The number of carbonyl (C=O) groups excluding carboxylic acids is 1. The molecule has 4 nitrogen and oxygen atoms in total. The van der Waals surface area contributed by atoms with Crippen LogP contribution in [0.15, 0.2) is 30.3 Å². The van der Waals surface area contributed by atoms with Gasteiger partial charge in [-0.2, -0.15) is 0 Å². The Balaban J connectivity index is 2.55. The van der Waals surface area contributed by atoms with Crippen LogP contribution in [0, 0.1) is 18.6 Å². The molecule has 0 saturated heterocycles. The molecule has 0 aliphatic carbocycles. The molecule has 0 atom stereocenters. The third-order valence-corrected chi connectivity index (χ3v) is 3.22. The third-order valence-electron chi connectivity index (χ3n) is 3.22. The van der Waals surface area contributed by atoms with E-state index in [1.54, 1.807) is 6.92 Å². The zero-order chi connectivity index (χ0) is 16.4. The van der Waals surface area contributed by atoms with Crippen LogP contribution < -0.4 is 0 Å². The Bertz CT molecular complexity index is 746. The summed E-state index contributed by atoms with van der Waals surface area (Å²) in [5, 5.41) is 8.91. The fourth-order valence-corrected chi connectivity index (χ4v) is 2.15. The number of aryl methyl sites for hydroxylation is 1. The summed E-state index contributed by atoms with van der Waals surface area (Å²) in [6.45, 7) is 1.63. The van der Waals surface area contributed by atoms with Crippen molar-refractivity contribution in [1.29, 1.82) is 0 Å². The molecule has 1 N–H and O–H groups in total. The van der Waals surface area contributed by atoms with Crippen LogP contribution in [-0.2, 0) is 4.74 Å². The second-order valence-electron chi connectivity index (χ2n) is 4.64. The van der Waals surface area contributed by atoms with Gasteiger partial charge in [-0.25, -0.2) is 18.4 Å². The Morgan fingerprint density at radius 3 is 2.14 bits per heavy atom. The Kier molecular flexibility index (Phi) is 4.21. The summed E-state index contributed by atoms with van der Waals surface area (Å²) in [5.41, 5.74) is 0.542. The van der Waals surface area contributed by atoms with Crippen LogP contribution in [0.1, 0.15) is 26.3 Å². The van der Waals surface area contributed by atoms with Gasteiger partial charge in [-0.05, 0) is 47.9 Å². The molecule has 0 fully saturated rings. The molecule has 0 unspecified atom stereocenters. The van der Waals surface area contributed by atoms with E-state index in [0.29, 0.717) is 11.1 Å². The summed E-state index contributed by atoms with van der Waals surface area (Å²) >= 11 is 0. The number of halogens is 2. The quantitative estimate of drug-likeness (QED) is 0.882. The standard InChI is InChI=1S/C16H12F2O4/c1-8-5-9(15(19)20)3-4-11(8)10-6-12(17)14(13(18)7-10)16(21)22-2/h3-7H,1-2H3,(H,19,20). The summed E-state index contributed by atoms with van der Waals surface area (Å²) in [6.07, 6.45) is 0. The van der Waals surface area contributed by atoms with Crippen molar-refractivity contribution in [3.8, 4) is 11.1 Å². The maximum absolute atomic E-state index is 13.9. The number of hydrogen-bond acceptors (Lipinski definition) is 3. The molecule has 0 aliphatic rings. The number of carboxylic acids is 1. The molecular formula is C16H12F2O4. The molecule has 0 heterocycles. The molecule has 0 aromatic heterocycles. The molecule has 114 valence electrons. The Morgan fingerprint density at radius 2 is 1.68 bits per heavy atom. The van der Waals surface area contributed by atoms with Crippen molar-refractivity contribution in [2.24, 2.45) is 0 Å². The minimum absolute atomic E-state index is 0.0772. The van der Waals surface area contributed by atoms with Crippen molar-refractivity contribution >= 4 is 11.9 Å². The number of carbonyl (C=O) groups is 2. The van der Waals surface area contributed by atoms with Gasteiger partial charge in [-0.3, -0.25) is 0 Å². The predicted molar refractivity (Wildman–Crippen MR) is 74.8 cm³/mol. The summed E-state index contributed by atoms with van der Waals surface area (Å²) in [4.78, 5) is 22.2. The first kappa shape index (κ1) is 15.6. The minimum atomic E-state index is -1.10. The first-order valence-corrected chi connectivity index (χ1v) is 6.26. The van der Waals surface area contributed by atoms with E-state index >= 15 is 0 Å². The molecule has 2 rings (SSSR count). The fraction of sp³-hybridized carbons (Fsp3) is 0.125. The largest absolute Gasteiger partial charge is 0.478 e. The highest BCUT2D eigenvalue weighted by Crippen LogP contribution is 2.28. The number of aromatic carboxylic acids is 1.